The van der Waals surface area contributed by atoms with Gasteiger partial charge in [0.05, 0.1) is 18.8 Å². The zero-order valence-corrected chi connectivity index (χ0v) is 11.5. The highest BCUT2D eigenvalue weighted by atomic mass is 16.5. The maximum Gasteiger partial charge on any atom is 0.0751 e. The highest BCUT2D eigenvalue weighted by Gasteiger charge is 2.16. The number of hydrogen-bond donors (Lipinski definition) is 1. The van der Waals surface area contributed by atoms with Gasteiger partial charge in [0.25, 0.3) is 0 Å². The molecule has 0 unspecified atom stereocenters. The van der Waals surface area contributed by atoms with E-state index in [-0.39, 0.29) is 5.60 Å². The van der Waals surface area contributed by atoms with E-state index in [2.05, 4.69) is 33.0 Å². The zero-order valence-electron chi connectivity index (χ0n) is 11.5. The van der Waals surface area contributed by atoms with E-state index in [9.17, 15) is 0 Å². The molecule has 16 heavy (non-hydrogen) atoms. The van der Waals surface area contributed by atoms with Crippen molar-refractivity contribution in [1.29, 1.82) is 0 Å². The fourth-order valence-electron chi connectivity index (χ4n) is 1.34. The van der Waals surface area contributed by atoms with Crippen LogP contribution in [-0.2, 0) is 9.47 Å². The molecule has 0 rings (SSSR count). The molecule has 0 aliphatic carbocycles. The molecule has 0 spiro atoms. The zero-order chi connectivity index (χ0) is 12.3. The summed E-state index contributed by atoms with van der Waals surface area (Å²) in [6, 6.07) is 0. The first-order valence-corrected chi connectivity index (χ1v) is 6.55. The van der Waals surface area contributed by atoms with E-state index in [1.54, 1.807) is 0 Å². The van der Waals surface area contributed by atoms with Crippen molar-refractivity contribution in [2.45, 2.75) is 52.6 Å². The topological polar surface area (TPSA) is 30.5 Å². The summed E-state index contributed by atoms with van der Waals surface area (Å²) >= 11 is 0. The summed E-state index contributed by atoms with van der Waals surface area (Å²) in [7, 11) is 0. The molecule has 0 fully saturated rings. The number of rotatable bonds is 11. The Morgan fingerprint density at radius 3 is 2.38 bits per heavy atom. The summed E-state index contributed by atoms with van der Waals surface area (Å²) in [5, 5.41) is 3.37. The molecule has 3 heteroatoms. The van der Waals surface area contributed by atoms with Crippen molar-refractivity contribution in [3.63, 3.8) is 0 Å². The summed E-state index contributed by atoms with van der Waals surface area (Å²) in [5.41, 5.74) is -0.0940. The van der Waals surface area contributed by atoms with Crippen molar-refractivity contribution in [1.82, 2.24) is 5.32 Å². The minimum Gasteiger partial charge on any atom is -0.379 e. The lowest BCUT2D eigenvalue weighted by molar-refractivity contribution is -0.0446. The highest BCUT2D eigenvalue weighted by Crippen LogP contribution is 2.07. The SMILES string of the molecule is CCCCOCCOC(C)(C)CNCCC. The molecule has 0 aromatic carbocycles. The van der Waals surface area contributed by atoms with E-state index < -0.39 is 0 Å². The highest BCUT2D eigenvalue weighted by molar-refractivity contribution is 4.71. The van der Waals surface area contributed by atoms with Gasteiger partial charge in [-0.2, -0.15) is 0 Å². The fourth-order valence-corrected chi connectivity index (χ4v) is 1.34. The van der Waals surface area contributed by atoms with Crippen molar-refractivity contribution in [3.8, 4) is 0 Å². The van der Waals surface area contributed by atoms with E-state index in [1.807, 2.05) is 0 Å². The van der Waals surface area contributed by atoms with Gasteiger partial charge in [-0.1, -0.05) is 20.3 Å². The van der Waals surface area contributed by atoms with Crippen LogP contribution in [0.25, 0.3) is 0 Å². The molecule has 0 atom stereocenters. The molecule has 0 aromatic heterocycles. The minimum absolute atomic E-state index is 0.0940. The molecule has 0 amide bonds. The van der Waals surface area contributed by atoms with Crippen LogP contribution in [0.3, 0.4) is 0 Å². The number of nitrogens with one attached hydrogen (secondary N) is 1. The number of unbranched alkanes of at least 4 members (excludes halogenated alkanes) is 1. The van der Waals surface area contributed by atoms with Crippen LogP contribution < -0.4 is 5.32 Å². The normalized spacial score (nSPS) is 12.0. The second-order valence-corrected chi connectivity index (χ2v) is 4.75. The predicted octanol–water partition coefficient (Wildman–Crippen LogP) is 2.60. The average molecular weight is 231 g/mol. The van der Waals surface area contributed by atoms with Crippen LogP contribution in [0.15, 0.2) is 0 Å². The van der Waals surface area contributed by atoms with Crippen LogP contribution in [0.5, 0.6) is 0 Å². The van der Waals surface area contributed by atoms with Crippen molar-refractivity contribution in [2.24, 2.45) is 0 Å². The van der Waals surface area contributed by atoms with Crippen LogP contribution in [0.4, 0.5) is 0 Å². The fraction of sp³-hybridized carbons (Fsp3) is 1.00. The molecule has 0 saturated carbocycles. The molecule has 0 saturated heterocycles. The van der Waals surface area contributed by atoms with E-state index in [4.69, 9.17) is 9.47 Å². The molecule has 0 heterocycles. The van der Waals surface area contributed by atoms with Gasteiger partial charge in [0, 0.05) is 13.2 Å². The third kappa shape index (κ3) is 10.4. The van der Waals surface area contributed by atoms with Gasteiger partial charge < -0.3 is 14.8 Å². The molecule has 0 aromatic rings. The summed E-state index contributed by atoms with van der Waals surface area (Å²) < 4.78 is 11.2. The molecule has 0 aliphatic heterocycles. The van der Waals surface area contributed by atoms with Gasteiger partial charge >= 0.3 is 0 Å². The maximum atomic E-state index is 5.77. The van der Waals surface area contributed by atoms with Gasteiger partial charge in [0.1, 0.15) is 0 Å². The average Bonchev–Trinajstić information content (AvgIpc) is 2.23. The summed E-state index contributed by atoms with van der Waals surface area (Å²) in [5.74, 6) is 0. The van der Waals surface area contributed by atoms with Gasteiger partial charge in [-0.25, -0.2) is 0 Å². The molecule has 0 aliphatic rings. The molecule has 98 valence electrons. The third-order valence-corrected chi connectivity index (χ3v) is 2.34. The minimum atomic E-state index is -0.0940. The maximum absolute atomic E-state index is 5.77. The molecular formula is C13H29NO2. The second-order valence-electron chi connectivity index (χ2n) is 4.75. The van der Waals surface area contributed by atoms with E-state index in [0.717, 1.165) is 32.5 Å². The van der Waals surface area contributed by atoms with E-state index >= 15 is 0 Å². The molecule has 0 radical (unpaired) electrons. The lowest BCUT2D eigenvalue weighted by Gasteiger charge is -2.25. The van der Waals surface area contributed by atoms with Crippen LogP contribution in [0.2, 0.25) is 0 Å². The Morgan fingerprint density at radius 2 is 1.75 bits per heavy atom. The third-order valence-electron chi connectivity index (χ3n) is 2.34. The van der Waals surface area contributed by atoms with Gasteiger partial charge in [-0.05, 0) is 33.2 Å². The predicted molar refractivity (Wildman–Crippen MR) is 68.9 cm³/mol. The van der Waals surface area contributed by atoms with Crippen LogP contribution in [-0.4, -0.2) is 38.5 Å². The smallest absolute Gasteiger partial charge is 0.0751 e. The molecule has 3 nitrogen and oxygen atoms in total. The van der Waals surface area contributed by atoms with E-state index in [0.29, 0.717) is 13.2 Å². The quantitative estimate of drug-likeness (QED) is 0.554. The first kappa shape index (κ1) is 15.9. The molecule has 1 N–H and O–H groups in total. The second kappa shape index (κ2) is 10.1. The Balaban J connectivity index is 3.35. The number of ether oxygens (including phenoxy) is 2. The van der Waals surface area contributed by atoms with Gasteiger partial charge in [0.2, 0.25) is 0 Å². The largest absolute Gasteiger partial charge is 0.379 e. The Kier molecular flexibility index (Phi) is 9.99. The first-order chi connectivity index (χ1) is 7.62. The van der Waals surface area contributed by atoms with Crippen molar-refractivity contribution >= 4 is 0 Å². The molecular weight excluding hydrogens is 202 g/mol. The Labute approximate surface area is 101 Å². The van der Waals surface area contributed by atoms with Crippen molar-refractivity contribution in [2.75, 3.05) is 32.9 Å². The van der Waals surface area contributed by atoms with Gasteiger partial charge in [-0.15, -0.1) is 0 Å². The van der Waals surface area contributed by atoms with E-state index in [1.165, 1.54) is 6.42 Å². The van der Waals surface area contributed by atoms with Crippen LogP contribution in [0, 0.1) is 0 Å². The summed E-state index contributed by atoms with van der Waals surface area (Å²) in [6.07, 6.45) is 3.49. The van der Waals surface area contributed by atoms with Crippen LogP contribution >= 0.6 is 0 Å². The lowest BCUT2D eigenvalue weighted by atomic mass is 10.1. The monoisotopic (exact) mass is 231 g/mol. The van der Waals surface area contributed by atoms with Gasteiger partial charge in [0.15, 0.2) is 0 Å². The number of hydrogen-bond acceptors (Lipinski definition) is 3. The molecule has 0 bridgehead atoms. The Bertz CT molecular complexity index is 149. The first-order valence-electron chi connectivity index (χ1n) is 6.55. The van der Waals surface area contributed by atoms with Crippen LogP contribution in [0.1, 0.15) is 47.0 Å². The Hall–Kier alpha value is -0.120. The Morgan fingerprint density at radius 1 is 1.00 bits per heavy atom. The standard InChI is InChI=1S/C13H29NO2/c1-5-7-9-15-10-11-16-13(3,4)12-14-8-6-2/h14H,5-12H2,1-4H3. The summed E-state index contributed by atoms with van der Waals surface area (Å²) in [6.45, 7) is 12.8. The lowest BCUT2D eigenvalue weighted by Crippen LogP contribution is -2.38. The van der Waals surface area contributed by atoms with Gasteiger partial charge in [-0.3, -0.25) is 0 Å². The summed E-state index contributed by atoms with van der Waals surface area (Å²) in [4.78, 5) is 0. The van der Waals surface area contributed by atoms with Crippen molar-refractivity contribution < 1.29 is 9.47 Å². The van der Waals surface area contributed by atoms with Crippen molar-refractivity contribution in [3.05, 3.63) is 0 Å².